The molecule has 1 heterocycles. The summed E-state index contributed by atoms with van der Waals surface area (Å²) in [6.45, 7) is 2.15. The van der Waals surface area contributed by atoms with Gasteiger partial charge in [0.15, 0.2) is 4.32 Å². The topological polar surface area (TPSA) is 29.5 Å². The number of anilines is 1. The Morgan fingerprint density at radius 1 is 1.03 bits per heavy atom. The Labute approximate surface area is 184 Å². The van der Waals surface area contributed by atoms with E-state index in [9.17, 15) is 9.18 Å². The fraction of sp³-hybridized carbons (Fsp3) is 0.0833. The summed E-state index contributed by atoms with van der Waals surface area (Å²) in [5.41, 5.74) is 3.25. The maximum atomic E-state index is 13.7. The molecule has 4 rings (SSSR count). The summed E-state index contributed by atoms with van der Waals surface area (Å²) in [5, 5.41) is 0. The van der Waals surface area contributed by atoms with Crippen LogP contribution in [0.2, 0.25) is 0 Å². The molecule has 6 heteroatoms. The molecule has 150 valence electrons. The highest BCUT2D eigenvalue weighted by molar-refractivity contribution is 8.27. The number of amides is 1. The molecule has 0 N–H and O–H groups in total. The molecule has 3 aromatic carbocycles. The van der Waals surface area contributed by atoms with Crippen LogP contribution in [0.15, 0.2) is 77.7 Å². The van der Waals surface area contributed by atoms with Crippen LogP contribution in [-0.4, -0.2) is 10.2 Å². The largest absolute Gasteiger partial charge is 0.489 e. The summed E-state index contributed by atoms with van der Waals surface area (Å²) in [5.74, 6) is 0.209. The number of halogens is 1. The van der Waals surface area contributed by atoms with Crippen LogP contribution in [0, 0.1) is 12.7 Å². The summed E-state index contributed by atoms with van der Waals surface area (Å²) in [7, 11) is 0. The van der Waals surface area contributed by atoms with E-state index in [1.54, 1.807) is 35.2 Å². The first-order valence-electron chi connectivity index (χ1n) is 9.32. The number of thiocarbonyl (C=S) groups is 1. The lowest BCUT2D eigenvalue weighted by Crippen LogP contribution is -2.27. The quantitative estimate of drug-likeness (QED) is 0.357. The second-order valence-electron chi connectivity index (χ2n) is 6.80. The molecule has 0 atom stereocenters. The molecular formula is C24H18FNO2S2. The molecule has 1 aliphatic heterocycles. The summed E-state index contributed by atoms with van der Waals surface area (Å²) in [4.78, 5) is 15.0. The van der Waals surface area contributed by atoms with Crippen molar-refractivity contribution in [2.45, 2.75) is 13.5 Å². The second kappa shape index (κ2) is 8.81. The first-order chi connectivity index (χ1) is 14.5. The zero-order valence-electron chi connectivity index (χ0n) is 16.2. The number of thioether (sulfide) groups is 1. The third kappa shape index (κ3) is 4.45. The van der Waals surface area contributed by atoms with Gasteiger partial charge in [-0.1, -0.05) is 72.0 Å². The Kier molecular flexibility index (Phi) is 5.97. The maximum Gasteiger partial charge on any atom is 0.270 e. The Morgan fingerprint density at radius 3 is 2.43 bits per heavy atom. The highest BCUT2D eigenvalue weighted by atomic mass is 32.2. The molecular weight excluding hydrogens is 417 g/mol. The summed E-state index contributed by atoms with van der Waals surface area (Å²) in [6.07, 6.45) is 1.81. The third-order valence-electron chi connectivity index (χ3n) is 4.62. The van der Waals surface area contributed by atoms with Crippen LogP contribution in [-0.2, 0) is 11.4 Å². The highest BCUT2D eigenvalue weighted by Crippen LogP contribution is 2.36. The van der Waals surface area contributed by atoms with Crippen molar-refractivity contribution in [2.24, 2.45) is 0 Å². The van der Waals surface area contributed by atoms with Gasteiger partial charge in [-0.25, -0.2) is 4.39 Å². The fourth-order valence-electron chi connectivity index (χ4n) is 2.97. The molecule has 1 fully saturated rings. The lowest BCUT2D eigenvalue weighted by Gasteiger charge is -2.14. The predicted octanol–water partition coefficient (Wildman–Crippen LogP) is 6.12. The molecule has 0 saturated carbocycles. The minimum absolute atomic E-state index is 0.131. The fourth-order valence-corrected chi connectivity index (χ4v) is 4.27. The van der Waals surface area contributed by atoms with Gasteiger partial charge >= 0.3 is 0 Å². The average molecular weight is 436 g/mol. The van der Waals surface area contributed by atoms with Crippen LogP contribution in [0.5, 0.6) is 5.75 Å². The van der Waals surface area contributed by atoms with E-state index in [0.717, 1.165) is 16.8 Å². The lowest BCUT2D eigenvalue weighted by atomic mass is 10.2. The summed E-state index contributed by atoms with van der Waals surface area (Å²) >= 11 is 6.70. The number of hydrogen-bond donors (Lipinski definition) is 0. The molecule has 0 unspecified atom stereocenters. The van der Waals surface area contributed by atoms with Gasteiger partial charge in [-0.2, -0.15) is 0 Å². The van der Waals surface area contributed by atoms with Crippen LogP contribution in [0.4, 0.5) is 10.1 Å². The molecule has 30 heavy (non-hydrogen) atoms. The van der Waals surface area contributed by atoms with Crippen LogP contribution >= 0.6 is 24.0 Å². The second-order valence-corrected chi connectivity index (χ2v) is 8.48. The van der Waals surface area contributed by atoms with Gasteiger partial charge in [-0.05, 0) is 48.9 Å². The van der Waals surface area contributed by atoms with Crippen LogP contribution in [0.1, 0.15) is 16.7 Å². The van der Waals surface area contributed by atoms with E-state index in [0.29, 0.717) is 20.5 Å². The predicted molar refractivity (Wildman–Crippen MR) is 124 cm³/mol. The number of benzene rings is 3. The van der Waals surface area contributed by atoms with Crippen molar-refractivity contribution >= 4 is 46.0 Å². The minimum atomic E-state index is -0.287. The minimum Gasteiger partial charge on any atom is -0.489 e. The van der Waals surface area contributed by atoms with E-state index in [2.05, 4.69) is 0 Å². The number of carbonyl (C=O) groups excluding carboxylic acids is 1. The van der Waals surface area contributed by atoms with E-state index in [4.69, 9.17) is 17.0 Å². The molecule has 3 nitrogen and oxygen atoms in total. The highest BCUT2D eigenvalue weighted by Gasteiger charge is 2.33. The van der Waals surface area contributed by atoms with E-state index in [-0.39, 0.29) is 18.3 Å². The van der Waals surface area contributed by atoms with Crippen molar-refractivity contribution < 1.29 is 13.9 Å². The maximum absolute atomic E-state index is 13.7. The van der Waals surface area contributed by atoms with E-state index in [1.807, 2.05) is 49.4 Å². The number of hydrogen-bond acceptors (Lipinski definition) is 4. The van der Waals surface area contributed by atoms with Crippen molar-refractivity contribution in [3.63, 3.8) is 0 Å². The van der Waals surface area contributed by atoms with Gasteiger partial charge in [0, 0.05) is 5.56 Å². The van der Waals surface area contributed by atoms with Crippen molar-refractivity contribution in [3.8, 4) is 5.75 Å². The number of nitrogens with zero attached hydrogens (tertiary/aromatic N) is 1. The van der Waals surface area contributed by atoms with Gasteiger partial charge in [0.05, 0.1) is 10.6 Å². The molecule has 0 radical (unpaired) electrons. The Hall–Kier alpha value is -2.96. The van der Waals surface area contributed by atoms with E-state index >= 15 is 0 Å². The van der Waals surface area contributed by atoms with Gasteiger partial charge in [-0.3, -0.25) is 9.69 Å². The molecule has 1 amide bonds. The van der Waals surface area contributed by atoms with Crippen molar-refractivity contribution in [3.05, 3.63) is 100 Å². The van der Waals surface area contributed by atoms with Crippen molar-refractivity contribution in [1.29, 1.82) is 0 Å². The Morgan fingerprint density at radius 2 is 1.73 bits per heavy atom. The normalized spacial score (nSPS) is 15.1. The molecule has 0 bridgehead atoms. The first kappa shape index (κ1) is 20.3. The number of ether oxygens (including phenoxy) is 1. The van der Waals surface area contributed by atoms with Gasteiger partial charge in [0.2, 0.25) is 0 Å². The summed E-state index contributed by atoms with van der Waals surface area (Å²) in [6, 6.07) is 21.5. The number of aryl methyl sites for hydroxylation is 1. The van der Waals surface area contributed by atoms with Crippen LogP contribution in [0.25, 0.3) is 6.08 Å². The van der Waals surface area contributed by atoms with Gasteiger partial charge < -0.3 is 4.74 Å². The standard InChI is InChI=1S/C24H18FNO2S2/c1-16-6-10-19(11-7-16)26-23(27)22(30-24(26)29)14-17-8-12-20(13-9-17)28-15-18-4-2-3-5-21(18)25/h2-14H,15H2,1H3/b22-14-. The first-order valence-corrected chi connectivity index (χ1v) is 10.5. The number of rotatable bonds is 5. The average Bonchev–Trinajstić information content (AvgIpc) is 3.02. The monoisotopic (exact) mass is 435 g/mol. The zero-order chi connectivity index (χ0) is 21.1. The molecule has 1 saturated heterocycles. The van der Waals surface area contributed by atoms with Gasteiger partial charge in [-0.15, -0.1) is 0 Å². The van der Waals surface area contributed by atoms with Crippen LogP contribution in [0.3, 0.4) is 0 Å². The SMILES string of the molecule is Cc1ccc(N2C(=O)/C(=C/c3ccc(OCc4ccccc4F)cc3)SC2=S)cc1. The lowest BCUT2D eigenvalue weighted by molar-refractivity contribution is -0.113. The molecule has 1 aliphatic rings. The smallest absolute Gasteiger partial charge is 0.270 e. The Balaban J connectivity index is 1.46. The molecule has 0 spiro atoms. The van der Waals surface area contributed by atoms with Crippen molar-refractivity contribution in [2.75, 3.05) is 4.90 Å². The molecule has 0 aromatic heterocycles. The molecule has 3 aromatic rings. The van der Waals surface area contributed by atoms with Gasteiger partial charge in [0.25, 0.3) is 5.91 Å². The van der Waals surface area contributed by atoms with E-state index < -0.39 is 0 Å². The molecule has 0 aliphatic carbocycles. The van der Waals surface area contributed by atoms with E-state index in [1.165, 1.54) is 17.8 Å². The zero-order valence-corrected chi connectivity index (χ0v) is 17.8. The number of carbonyl (C=O) groups is 1. The summed E-state index contributed by atoms with van der Waals surface area (Å²) < 4.78 is 19.9. The Bertz CT molecular complexity index is 1120. The third-order valence-corrected chi connectivity index (χ3v) is 5.92. The van der Waals surface area contributed by atoms with Gasteiger partial charge in [0.1, 0.15) is 18.2 Å². The van der Waals surface area contributed by atoms with Crippen LogP contribution < -0.4 is 9.64 Å². The van der Waals surface area contributed by atoms with Crippen molar-refractivity contribution in [1.82, 2.24) is 0 Å².